The standard InChI is InChI=1S/C37H37FN2O6/c1-35(2)36(3)18-19-37(35,46-32(36)41)33(42)45-28-21-40(34(43)44-22-23-11-6-4-7-12-23)20-17-25(28)29-26-15-10-16-27(38)31(26)39-30(29)24-13-8-5-9-14-24/h4-16,25,28,39H,17-22H2,1-3H3/t25-,28-,36+,37-/m0/s1. The number of carbonyl (C=O) groups is 3. The molecule has 3 fully saturated rings. The fourth-order valence-electron chi connectivity index (χ4n) is 7.70. The smallest absolute Gasteiger partial charge is 0.410 e. The lowest BCUT2D eigenvalue weighted by molar-refractivity contribution is -0.189. The SMILES string of the molecule is CC1(C)[C@@]2(C(=O)O[C@H]3CN(C(=O)OCc4ccccc4)CC[C@@H]3c3c(-c4ccccc4)[nH]c4c(F)cccc34)CC[C@]1(C)C(=O)O2. The molecule has 0 spiro atoms. The van der Waals surface area contributed by atoms with Gasteiger partial charge in [-0.25, -0.2) is 14.0 Å². The maximum atomic E-state index is 15.2. The number of esters is 2. The number of piperidine rings is 1. The molecule has 46 heavy (non-hydrogen) atoms. The predicted molar refractivity (Wildman–Crippen MR) is 169 cm³/mol. The number of benzene rings is 3. The summed E-state index contributed by atoms with van der Waals surface area (Å²) < 4.78 is 33.1. The van der Waals surface area contributed by atoms with Crippen LogP contribution in [0.2, 0.25) is 0 Å². The predicted octanol–water partition coefficient (Wildman–Crippen LogP) is 7.13. The van der Waals surface area contributed by atoms with Gasteiger partial charge in [0.25, 0.3) is 0 Å². The summed E-state index contributed by atoms with van der Waals surface area (Å²) in [5.41, 5.74) is 0.579. The van der Waals surface area contributed by atoms with Gasteiger partial charge in [-0.15, -0.1) is 0 Å². The van der Waals surface area contributed by atoms with Crippen molar-refractivity contribution < 1.29 is 33.0 Å². The number of aromatic nitrogens is 1. The molecule has 7 rings (SSSR count). The van der Waals surface area contributed by atoms with Crippen LogP contribution in [-0.4, -0.2) is 52.7 Å². The summed E-state index contributed by atoms with van der Waals surface area (Å²) in [6, 6.07) is 24.0. The third-order valence-corrected chi connectivity index (χ3v) is 11.0. The molecule has 9 heteroatoms. The number of aromatic amines is 1. The minimum Gasteiger partial charge on any atom is -0.457 e. The lowest BCUT2D eigenvalue weighted by Crippen LogP contribution is -2.53. The van der Waals surface area contributed by atoms with E-state index in [1.54, 1.807) is 11.0 Å². The zero-order chi connectivity index (χ0) is 32.3. The van der Waals surface area contributed by atoms with Crippen LogP contribution in [0.15, 0.2) is 78.9 Å². The molecule has 4 aromatic rings. The summed E-state index contributed by atoms with van der Waals surface area (Å²) in [4.78, 5) is 45.5. The van der Waals surface area contributed by atoms with Gasteiger partial charge in [0.1, 0.15) is 18.5 Å². The number of likely N-dealkylation sites (tertiary alicyclic amines) is 1. The van der Waals surface area contributed by atoms with E-state index in [9.17, 15) is 14.4 Å². The Morgan fingerprint density at radius 1 is 0.978 bits per heavy atom. The van der Waals surface area contributed by atoms with Gasteiger partial charge in [0, 0.05) is 23.3 Å². The molecule has 2 saturated heterocycles. The van der Waals surface area contributed by atoms with Crippen molar-refractivity contribution in [1.82, 2.24) is 9.88 Å². The molecule has 1 aliphatic carbocycles. The molecule has 1 N–H and O–H groups in total. The van der Waals surface area contributed by atoms with E-state index < -0.39 is 46.5 Å². The van der Waals surface area contributed by atoms with Gasteiger partial charge in [-0.3, -0.25) is 4.79 Å². The van der Waals surface area contributed by atoms with Crippen LogP contribution in [0.1, 0.15) is 57.1 Å². The first kappa shape index (κ1) is 30.0. The highest BCUT2D eigenvalue weighted by Gasteiger charge is 2.76. The first-order valence-electron chi connectivity index (χ1n) is 15.8. The summed E-state index contributed by atoms with van der Waals surface area (Å²) in [5.74, 6) is -1.81. The summed E-state index contributed by atoms with van der Waals surface area (Å²) in [5, 5.41) is 0.684. The van der Waals surface area contributed by atoms with Crippen LogP contribution in [0.4, 0.5) is 9.18 Å². The number of ether oxygens (including phenoxy) is 3. The molecule has 1 aromatic heterocycles. The second-order valence-corrected chi connectivity index (χ2v) is 13.4. The normalized spacial score (nSPS) is 26.6. The van der Waals surface area contributed by atoms with Crippen LogP contribution >= 0.6 is 0 Å². The largest absolute Gasteiger partial charge is 0.457 e. The summed E-state index contributed by atoms with van der Waals surface area (Å²) in [7, 11) is 0. The van der Waals surface area contributed by atoms with Crippen molar-refractivity contribution in [2.24, 2.45) is 10.8 Å². The summed E-state index contributed by atoms with van der Waals surface area (Å²) in [6.07, 6.45) is -0.0491. The fourth-order valence-corrected chi connectivity index (χ4v) is 7.70. The molecule has 3 heterocycles. The lowest BCUT2D eigenvalue weighted by Gasteiger charge is -2.41. The number of para-hydroxylation sites is 1. The first-order valence-corrected chi connectivity index (χ1v) is 15.8. The van der Waals surface area contributed by atoms with E-state index >= 15 is 4.39 Å². The molecular formula is C37H37FN2O6. The van der Waals surface area contributed by atoms with Crippen molar-refractivity contribution >= 4 is 28.9 Å². The van der Waals surface area contributed by atoms with Gasteiger partial charge >= 0.3 is 18.0 Å². The van der Waals surface area contributed by atoms with E-state index in [1.165, 1.54) is 6.07 Å². The van der Waals surface area contributed by atoms with Gasteiger partial charge in [0.15, 0.2) is 0 Å². The number of fused-ring (bicyclic) bond motifs is 3. The number of nitrogens with zero attached hydrogens (tertiary/aromatic N) is 1. The van der Waals surface area contributed by atoms with E-state index in [4.69, 9.17) is 14.2 Å². The molecular weight excluding hydrogens is 587 g/mol. The highest BCUT2D eigenvalue weighted by molar-refractivity contribution is 5.94. The van der Waals surface area contributed by atoms with Crippen molar-refractivity contribution in [3.05, 3.63) is 95.8 Å². The number of hydrogen-bond acceptors (Lipinski definition) is 6. The Morgan fingerprint density at radius 2 is 1.70 bits per heavy atom. The van der Waals surface area contributed by atoms with E-state index in [1.807, 2.05) is 87.5 Å². The van der Waals surface area contributed by atoms with E-state index in [0.717, 1.165) is 22.4 Å². The highest BCUT2D eigenvalue weighted by atomic mass is 19.1. The van der Waals surface area contributed by atoms with Gasteiger partial charge in [-0.1, -0.05) is 86.6 Å². The van der Waals surface area contributed by atoms with Crippen LogP contribution in [0, 0.1) is 16.6 Å². The van der Waals surface area contributed by atoms with Gasteiger partial charge in [-0.2, -0.15) is 0 Å². The van der Waals surface area contributed by atoms with E-state index in [0.29, 0.717) is 36.7 Å². The van der Waals surface area contributed by atoms with Crippen molar-refractivity contribution in [1.29, 1.82) is 0 Å². The van der Waals surface area contributed by atoms with Crippen molar-refractivity contribution in [2.75, 3.05) is 13.1 Å². The quantitative estimate of drug-likeness (QED) is 0.181. The van der Waals surface area contributed by atoms with Gasteiger partial charge in [0.2, 0.25) is 5.60 Å². The number of amides is 1. The van der Waals surface area contributed by atoms with Gasteiger partial charge in [0.05, 0.1) is 23.2 Å². The molecule has 8 nitrogen and oxygen atoms in total. The summed E-state index contributed by atoms with van der Waals surface area (Å²) >= 11 is 0. The Hall–Kier alpha value is -4.66. The zero-order valence-electron chi connectivity index (χ0n) is 26.2. The van der Waals surface area contributed by atoms with Crippen molar-refractivity contribution in [3.63, 3.8) is 0 Å². The molecule has 0 radical (unpaired) electrons. The third-order valence-electron chi connectivity index (χ3n) is 11.0. The molecule has 3 aliphatic rings. The van der Waals surface area contributed by atoms with Crippen molar-refractivity contribution in [3.8, 4) is 11.3 Å². The number of nitrogens with one attached hydrogen (secondary N) is 1. The maximum absolute atomic E-state index is 15.2. The molecule has 2 aliphatic heterocycles. The fraction of sp³-hybridized carbons (Fsp3) is 0.378. The van der Waals surface area contributed by atoms with Crippen LogP contribution in [0.3, 0.4) is 0 Å². The van der Waals surface area contributed by atoms with E-state index in [-0.39, 0.29) is 19.0 Å². The second-order valence-electron chi connectivity index (χ2n) is 13.4. The lowest BCUT2D eigenvalue weighted by atomic mass is 9.66. The average Bonchev–Trinajstić information content (AvgIpc) is 3.60. The number of hydrogen-bond donors (Lipinski definition) is 1. The van der Waals surface area contributed by atoms with Crippen LogP contribution in [0.25, 0.3) is 22.2 Å². The Morgan fingerprint density at radius 3 is 2.37 bits per heavy atom. The molecule has 4 atom stereocenters. The topological polar surface area (TPSA) is 97.9 Å². The monoisotopic (exact) mass is 624 g/mol. The van der Waals surface area contributed by atoms with Crippen LogP contribution in [0.5, 0.6) is 0 Å². The highest BCUT2D eigenvalue weighted by Crippen LogP contribution is 2.66. The van der Waals surface area contributed by atoms with Crippen LogP contribution in [-0.2, 0) is 30.4 Å². The second kappa shape index (κ2) is 11.0. The van der Waals surface area contributed by atoms with E-state index in [2.05, 4.69) is 4.98 Å². The average molecular weight is 625 g/mol. The Kier molecular flexibility index (Phi) is 7.18. The number of rotatable bonds is 6. The Labute approximate surface area is 266 Å². The van der Waals surface area contributed by atoms with Gasteiger partial charge in [-0.05, 0) is 48.9 Å². The number of halogens is 1. The molecule has 2 bridgehead atoms. The molecule has 0 unspecified atom stereocenters. The molecule has 1 saturated carbocycles. The Balaban J connectivity index is 1.26. The first-order chi connectivity index (χ1) is 22.1. The number of H-pyrrole nitrogens is 1. The minimum atomic E-state index is -1.44. The molecule has 238 valence electrons. The van der Waals surface area contributed by atoms with Gasteiger partial charge < -0.3 is 24.1 Å². The van der Waals surface area contributed by atoms with Crippen molar-refractivity contribution in [2.45, 2.75) is 64.3 Å². The maximum Gasteiger partial charge on any atom is 0.410 e. The minimum absolute atomic E-state index is 0.0575. The summed E-state index contributed by atoms with van der Waals surface area (Å²) in [6.45, 7) is 6.11. The number of carbonyl (C=O) groups excluding carboxylic acids is 3. The van der Waals surface area contributed by atoms with Crippen LogP contribution < -0.4 is 0 Å². The zero-order valence-corrected chi connectivity index (χ0v) is 26.2. The molecule has 3 aromatic carbocycles. The Bertz CT molecular complexity index is 1820. The molecule has 1 amide bonds. The third kappa shape index (κ3) is 4.50.